The summed E-state index contributed by atoms with van der Waals surface area (Å²) in [5.74, 6) is -0.309. The summed E-state index contributed by atoms with van der Waals surface area (Å²) in [4.78, 5) is 24.4. The van der Waals surface area contributed by atoms with Crippen molar-refractivity contribution < 1.29 is 19.1 Å². The molecule has 1 aromatic carbocycles. The fourth-order valence-electron chi connectivity index (χ4n) is 2.20. The Bertz CT molecular complexity index is 852. The number of aryl methyl sites for hydroxylation is 1. The van der Waals surface area contributed by atoms with Gasteiger partial charge in [-0.05, 0) is 19.1 Å². The van der Waals surface area contributed by atoms with Crippen molar-refractivity contribution in [1.82, 2.24) is 4.90 Å². The summed E-state index contributed by atoms with van der Waals surface area (Å²) < 4.78 is 5.99. The van der Waals surface area contributed by atoms with Gasteiger partial charge in [0, 0.05) is 11.6 Å². The third-order valence-electron chi connectivity index (χ3n) is 3.40. The van der Waals surface area contributed by atoms with E-state index in [4.69, 9.17) is 21.7 Å². The van der Waals surface area contributed by atoms with E-state index in [0.29, 0.717) is 16.4 Å². The molecule has 24 heavy (non-hydrogen) atoms. The molecule has 2 heterocycles. The van der Waals surface area contributed by atoms with Gasteiger partial charge in [0.1, 0.15) is 22.4 Å². The normalized spacial score (nSPS) is 16.2. The van der Waals surface area contributed by atoms with Crippen molar-refractivity contribution in [3.63, 3.8) is 0 Å². The number of benzene rings is 1. The summed E-state index contributed by atoms with van der Waals surface area (Å²) in [5.41, 5.74) is 2.10. The van der Waals surface area contributed by atoms with E-state index < -0.39 is 18.4 Å². The first-order valence-electron chi connectivity index (χ1n) is 7.08. The number of furan rings is 1. The number of hydrogen-bond acceptors (Lipinski definition) is 5. The maximum atomic E-state index is 12.2. The zero-order valence-electron chi connectivity index (χ0n) is 12.7. The first kappa shape index (κ1) is 16.5. The van der Waals surface area contributed by atoms with E-state index >= 15 is 0 Å². The van der Waals surface area contributed by atoms with E-state index in [2.05, 4.69) is 0 Å². The molecule has 1 aliphatic heterocycles. The Morgan fingerprint density at radius 2 is 2.00 bits per heavy atom. The average molecular weight is 359 g/mol. The number of amides is 1. The fourth-order valence-corrected chi connectivity index (χ4v) is 3.44. The molecule has 1 aromatic heterocycles. The van der Waals surface area contributed by atoms with E-state index in [9.17, 15) is 9.59 Å². The van der Waals surface area contributed by atoms with Crippen molar-refractivity contribution in [3.8, 4) is 11.3 Å². The molecule has 7 heteroatoms. The second-order valence-corrected chi connectivity index (χ2v) is 6.91. The number of rotatable bonds is 4. The lowest BCUT2D eigenvalue weighted by molar-refractivity contribution is -0.140. The number of carbonyl (C=O) groups excluding carboxylic acids is 1. The van der Waals surface area contributed by atoms with Crippen LogP contribution in [0, 0.1) is 6.92 Å². The monoisotopic (exact) mass is 359 g/mol. The maximum Gasteiger partial charge on any atom is 0.323 e. The lowest BCUT2D eigenvalue weighted by Gasteiger charge is -2.09. The van der Waals surface area contributed by atoms with Gasteiger partial charge < -0.3 is 9.52 Å². The van der Waals surface area contributed by atoms with Crippen LogP contribution in [0.2, 0.25) is 0 Å². The van der Waals surface area contributed by atoms with Crippen LogP contribution in [0.1, 0.15) is 11.3 Å². The van der Waals surface area contributed by atoms with Gasteiger partial charge in [-0.1, -0.05) is 53.8 Å². The lowest BCUT2D eigenvalue weighted by Crippen LogP contribution is -2.33. The van der Waals surface area contributed by atoms with E-state index in [1.165, 1.54) is 0 Å². The molecule has 1 N–H and O–H groups in total. The average Bonchev–Trinajstić information content (AvgIpc) is 3.09. The Hall–Kier alpha value is -2.38. The molecule has 122 valence electrons. The molecule has 0 unspecified atom stereocenters. The van der Waals surface area contributed by atoms with Crippen LogP contribution in [0.25, 0.3) is 17.4 Å². The summed E-state index contributed by atoms with van der Waals surface area (Å²) in [6, 6.07) is 11.5. The Morgan fingerprint density at radius 1 is 1.29 bits per heavy atom. The Balaban J connectivity index is 1.82. The van der Waals surface area contributed by atoms with Crippen molar-refractivity contribution in [3.05, 3.63) is 52.6 Å². The minimum Gasteiger partial charge on any atom is -0.480 e. The van der Waals surface area contributed by atoms with Gasteiger partial charge in [-0.15, -0.1) is 0 Å². The number of carbonyl (C=O) groups is 2. The molecule has 2 aromatic rings. The van der Waals surface area contributed by atoms with Crippen molar-refractivity contribution in [2.45, 2.75) is 6.92 Å². The highest BCUT2D eigenvalue weighted by molar-refractivity contribution is 8.26. The van der Waals surface area contributed by atoms with Crippen LogP contribution < -0.4 is 0 Å². The Morgan fingerprint density at radius 3 is 2.67 bits per heavy atom. The second kappa shape index (κ2) is 6.62. The second-order valence-electron chi connectivity index (χ2n) is 5.23. The van der Waals surface area contributed by atoms with Crippen molar-refractivity contribution >= 4 is 46.3 Å². The Kier molecular flexibility index (Phi) is 4.55. The number of hydrogen-bond donors (Lipinski definition) is 1. The zero-order valence-corrected chi connectivity index (χ0v) is 14.3. The van der Waals surface area contributed by atoms with Crippen molar-refractivity contribution in [2.75, 3.05) is 6.54 Å². The minimum atomic E-state index is -1.10. The molecule has 0 atom stereocenters. The number of nitrogens with zero attached hydrogens (tertiary/aromatic N) is 1. The van der Waals surface area contributed by atoms with Gasteiger partial charge in [-0.25, -0.2) is 0 Å². The number of aliphatic carboxylic acids is 1. The Labute approximate surface area is 148 Å². The molecule has 0 bridgehead atoms. The van der Waals surface area contributed by atoms with Crippen LogP contribution in [0.5, 0.6) is 0 Å². The molecular weight excluding hydrogens is 346 g/mol. The molecule has 0 spiro atoms. The van der Waals surface area contributed by atoms with Gasteiger partial charge in [-0.2, -0.15) is 0 Å². The van der Waals surface area contributed by atoms with Gasteiger partial charge in [0.15, 0.2) is 0 Å². The molecule has 1 saturated heterocycles. The van der Waals surface area contributed by atoms with Gasteiger partial charge >= 0.3 is 5.97 Å². The number of thioether (sulfide) groups is 1. The largest absolute Gasteiger partial charge is 0.480 e. The van der Waals surface area contributed by atoms with Gasteiger partial charge in [0.25, 0.3) is 5.91 Å². The number of thiocarbonyl (C=S) groups is 1. The quantitative estimate of drug-likeness (QED) is 0.665. The number of carboxylic acid groups (broad SMARTS) is 1. The highest BCUT2D eigenvalue weighted by atomic mass is 32.2. The van der Waals surface area contributed by atoms with Gasteiger partial charge in [-0.3, -0.25) is 14.5 Å². The molecule has 1 aliphatic rings. The van der Waals surface area contributed by atoms with E-state index in [0.717, 1.165) is 27.8 Å². The van der Waals surface area contributed by atoms with Crippen molar-refractivity contribution in [1.29, 1.82) is 0 Å². The summed E-state index contributed by atoms with van der Waals surface area (Å²) in [7, 11) is 0. The first-order chi connectivity index (χ1) is 11.4. The van der Waals surface area contributed by atoms with Crippen LogP contribution in [0.4, 0.5) is 0 Å². The first-order valence-corrected chi connectivity index (χ1v) is 8.30. The van der Waals surface area contributed by atoms with E-state index in [1.807, 2.05) is 37.3 Å². The highest BCUT2D eigenvalue weighted by Gasteiger charge is 2.33. The molecule has 0 radical (unpaired) electrons. The summed E-state index contributed by atoms with van der Waals surface area (Å²) in [6.45, 7) is 1.57. The predicted molar refractivity (Wildman–Crippen MR) is 96.4 cm³/mol. The smallest absolute Gasteiger partial charge is 0.323 e. The van der Waals surface area contributed by atoms with Crippen LogP contribution in [-0.2, 0) is 9.59 Å². The molecule has 5 nitrogen and oxygen atoms in total. The van der Waals surface area contributed by atoms with E-state index in [-0.39, 0.29) is 4.32 Å². The number of carboxylic acids is 1. The molecule has 0 saturated carbocycles. The lowest BCUT2D eigenvalue weighted by atomic mass is 10.1. The van der Waals surface area contributed by atoms with Crippen LogP contribution in [-0.4, -0.2) is 32.7 Å². The molecule has 0 aliphatic carbocycles. The molecule has 3 rings (SSSR count). The fraction of sp³-hybridized carbons (Fsp3) is 0.118. The van der Waals surface area contributed by atoms with Crippen LogP contribution >= 0.6 is 24.0 Å². The third kappa shape index (κ3) is 3.42. The SMILES string of the molecule is Cc1ccc(-c2ccc(C=C3SC(=S)N(CC(=O)O)C3=O)o2)cc1. The third-order valence-corrected chi connectivity index (χ3v) is 4.78. The van der Waals surface area contributed by atoms with Gasteiger partial charge in [0.2, 0.25) is 0 Å². The van der Waals surface area contributed by atoms with Crippen LogP contribution in [0.3, 0.4) is 0 Å². The standard InChI is InChI=1S/C17H13NO4S2/c1-10-2-4-11(5-3-10)13-7-6-12(22-13)8-14-16(21)18(9-15(19)20)17(23)24-14/h2-8H,9H2,1H3,(H,19,20). The van der Waals surface area contributed by atoms with Gasteiger partial charge in [0.05, 0.1) is 4.91 Å². The summed E-state index contributed by atoms with van der Waals surface area (Å²) >= 11 is 6.13. The minimum absolute atomic E-state index is 0.235. The predicted octanol–water partition coefficient (Wildman–Crippen LogP) is 3.54. The highest BCUT2D eigenvalue weighted by Crippen LogP contribution is 2.33. The summed E-state index contributed by atoms with van der Waals surface area (Å²) in [6.07, 6.45) is 1.58. The molecular formula is C17H13NO4S2. The summed E-state index contributed by atoms with van der Waals surface area (Å²) in [5, 5.41) is 8.83. The van der Waals surface area contributed by atoms with Crippen LogP contribution in [0.15, 0.2) is 45.7 Å². The molecule has 1 fully saturated rings. The van der Waals surface area contributed by atoms with E-state index in [1.54, 1.807) is 12.1 Å². The maximum absolute atomic E-state index is 12.2. The van der Waals surface area contributed by atoms with Crippen molar-refractivity contribution in [2.24, 2.45) is 0 Å². The molecule has 1 amide bonds. The zero-order chi connectivity index (χ0) is 17.3. The topological polar surface area (TPSA) is 70.8 Å².